The topological polar surface area (TPSA) is 45.8 Å². The maximum Gasteiger partial charge on any atom is 0.271 e. The number of furan rings is 1. The van der Waals surface area contributed by atoms with Crippen LogP contribution in [0, 0.1) is 6.92 Å². The molecule has 1 aliphatic rings. The van der Waals surface area contributed by atoms with E-state index in [0.717, 1.165) is 21.4 Å². The van der Waals surface area contributed by atoms with Crippen LogP contribution in [0.5, 0.6) is 0 Å². The van der Waals surface area contributed by atoms with Crippen molar-refractivity contribution >= 4 is 52.0 Å². The molecule has 0 saturated carbocycles. The summed E-state index contributed by atoms with van der Waals surface area (Å²) in [6, 6.07) is 31.3. The van der Waals surface area contributed by atoms with Gasteiger partial charge >= 0.3 is 0 Å². The van der Waals surface area contributed by atoms with Crippen molar-refractivity contribution in [2.45, 2.75) is 16.9 Å². The fraction of sp³-hybridized carbons (Fsp3) is 0.0370. The van der Waals surface area contributed by atoms with Gasteiger partial charge in [0.1, 0.15) is 5.76 Å². The van der Waals surface area contributed by atoms with E-state index in [1.807, 2.05) is 72.8 Å². The van der Waals surface area contributed by atoms with Crippen LogP contribution in [0.4, 0.5) is 11.4 Å². The first-order valence-corrected chi connectivity index (χ1v) is 12.1. The highest BCUT2D eigenvalue weighted by molar-refractivity contribution is 8.19. The second-order valence-electron chi connectivity index (χ2n) is 7.39. The predicted octanol–water partition coefficient (Wildman–Crippen LogP) is 7.55. The SMILES string of the molecule is Cc1ccc(Sc2ccc(/C=C3\SC(=Nc4ccccc4)N(c4ccccc4)C3=O)o2)cc1. The average Bonchev–Trinajstić information content (AvgIpc) is 3.40. The molecular weight excluding hydrogens is 448 g/mol. The smallest absolute Gasteiger partial charge is 0.271 e. The number of anilines is 1. The minimum Gasteiger partial charge on any atom is -0.450 e. The van der Waals surface area contributed by atoms with Gasteiger partial charge in [-0.25, -0.2) is 4.99 Å². The van der Waals surface area contributed by atoms with Gasteiger partial charge in [-0.2, -0.15) is 0 Å². The number of aryl methyl sites for hydroxylation is 1. The van der Waals surface area contributed by atoms with Gasteiger partial charge in [0, 0.05) is 11.0 Å². The Labute approximate surface area is 201 Å². The molecule has 1 fully saturated rings. The summed E-state index contributed by atoms with van der Waals surface area (Å²) in [6.45, 7) is 2.07. The molecule has 0 aliphatic carbocycles. The van der Waals surface area contributed by atoms with E-state index in [1.54, 1.807) is 22.7 Å². The summed E-state index contributed by atoms with van der Waals surface area (Å²) < 4.78 is 5.99. The standard InChI is InChI=1S/C27H20N2O2S2/c1-19-12-15-23(16-13-19)32-25-17-14-22(31-25)18-24-26(30)29(21-10-6-3-7-11-21)27(33-24)28-20-8-4-2-5-9-20/h2-18H,1H3/b24-18-,28-27?. The van der Waals surface area contributed by atoms with Gasteiger partial charge in [-0.1, -0.05) is 65.9 Å². The van der Waals surface area contributed by atoms with Gasteiger partial charge in [-0.3, -0.25) is 9.69 Å². The van der Waals surface area contributed by atoms with Gasteiger partial charge < -0.3 is 4.42 Å². The lowest BCUT2D eigenvalue weighted by molar-refractivity contribution is -0.113. The molecule has 1 aromatic heterocycles. The zero-order chi connectivity index (χ0) is 22.6. The van der Waals surface area contributed by atoms with Gasteiger partial charge in [0.25, 0.3) is 5.91 Å². The molecule has 1 aliphatic heterocycles. The number of aliphatic imine (C=N–C) groups is 1. The molecule has 5 rings (SSSR count). The zero-order valence-corrected chi connectivity index (χ0v) is 19.5. The lowest BCUT2D eigenvalue weighted by atomic mass is 10.2. The number of carbonyl (C=O) groups excluding carboxylic acids is 1. The van der Waals surface area contributed by atoms with Gasteiger partial charge in [-0.05, 0) is 67.2 Å². The van der Waals surface area contributed by atoms with E-state index in [-0.39, 0.29) is 5.91 Å². The number of thioether (sulfide) groups is 1. The predicted molar refractivity (Wildman–Crippen MR) is 137 cm³/mol. The Morgan fingerprint density at radius 3 is 2.30 bits per heavy atom. The van der Waals surface area contributed by atoms with Crippen LogP contribution in [0.3, 0.4) is 0 Å². The maximum absolute atomic E-state index is 13.3. The zero-order valence-electron chi connectivity index (χ0n) is 17.8. The molecular formula is C27H20N2O2S2. The minimum atomic E-state index is -0.120. The highest BCUT2D eigenvalue weighted by Gasteiger charge is 2.35. The largest absolute Gasteiger partial charge is 0.450 e. The Kier molecular flexibility index (Phi) is 6.19. The number of hydrogen-bond acceptors (Lipinski definition) is 5. The number of nitrogens with zero attached hydrogens (tertiary/aromatic N) is 2. The van der Waals surface area contributed by atoms with Crippen LogP contribution in [0.15, 0.2) is 121 Å². The summed E-state index contributed by atoms with van der Waals surface area (Å²) in [5, 5.41) is 1.39. The third kappa shape index (κ3) is 4.97. The summed E-state index contributed by atoms with van der Waals surface area (Å²) in [7, 11) is 0. The number of amides is 1. The molecule has 1 saturated heterocycles. The lowest BCUT2D eigenvalue weighted by Crippen LogP contribution is -2.28. The molecule has 3 aromatic carbocycles. The number of para-hydroxylation sites is 2. The Balaban J connectivity index is 1.44. The quantitative estimate of drug-likeness (QED) is 0.284. The van der Waals surface area contributed by atoms with Gasteiger partial charge in [0.05, 0.1) is 16.3 Å². The third-order valence-corrected chi connectivity index (χ3v) is 6.81. The lowest BCUT2D eigenvalue weighted by Gasteiger charge is -2.15. The molecule has 162 valence electrons. The first-order valence-electron chi connectivity index (χ1n) is 10.4. The molecule has 1 amide bonds. The van der Waals surface area contributed by atoms with Crippen molar-refractivity contribution in [1.82, 2.24) is 0 Å². The van der Waals surface area contributed by atoms with Crippen molar-refractivity contribution < 1.29 is 9.21 Å². The fourth-order valence-corrected chi connectivity index (χ4v) is 5.04. The fourth-order valence-electron chi connectivity index (χ4n) is 3.28. The molecule has 0 unspecified atom stereocenters. The van der Waals surface area contributed by atoms with Crippen molar-refractivity contribution in [2.75, 3.05) is 4.90 Å². The number of benzene rings is 3. The summed E-state index contributed by atoms with van der Waals surface area (Å²) in [5.41, 5.74) is 2.80. The Morgan fingerprint density at radius 2 is 1.58 bits per heavy atom. The molecule has 0 radical (unpaired) electrons. The molecule has 0 atom stereocenters. The van der Waals surface area contributed by atoms with Crippen molar-refractivity contribution in [2.24, 2.45) is 4.99 Å². The second-order valence-corrected chi connectivity index (χ2v) is 9.48. The van der Waals surface area contributed by atoms with Crippen LogP contribution in [-0.2, 0) is 4.79 Å². The first-order chi connectivity index (χ1) is 16.2. The number of amidine groups is 1. The Morgan fingerprint density at radius 1 is 0.879 bits per heavy atom. The monoisotopic (exact) mass is 468 g/mol. The molecule has 0 N–H and O–H groups in total. The van der Waals surface area contributed by atoms with Crippen LogP contribution in [-0.4, -0.2) is 11.1 Å². The molecule has 4 aromatic rings. The summed E-state index contributed by atoms with van der Waals surface area (Å²) in [6.07, 6.45) is 1.79. The van der Waals surface area contributed by atoms with E-state index in [2.05, 4.69) is 31.2 Å². The van der Waals surface area contributed by atoms with Crippen molar-refractivity contribution in [1.29, 1.82) is 0 Å². The van der Waals surface area contributed by atoms with Crippen molar-refractivity contribution in [3.63, 3.8) is 0 Å². The van der Waals surface area contributed by atoms with E-state index in [0.29, 0.717) is 15.8 Å². The van der Waals surface area contributed by atoms with Gasteiger partial charge in [0.2, 0.25) is 0 Å². The van der Waals surface area contributed by atoms with Gasteiger partial charge in [0.15, 0.2) is 10.3 Å². The molecule has 6 heteroatoms. The van der Waals surface area contributed by atoms with Crippen LogP contribution < -0.4 is 4.90 Å². The molecule has 0 spiro atoms. The van der Waals surface area contributed by atoms with Crippen molar-refractivity contribution in [3.8, 4) is 0 Å². The maximum atomic E-state index is 13.3. The second kappa shape index (κ2) is 9.57. The van der Waals surface area contributed by atoms with E-state index in [4.69, 9.17) is 9.41 Å². The highest BCUT2D eigenvalue weighted by atomic mass is 32.2. The van der Waals surface area contributed by atoms with Crippen molar-refractivity contribution in [3.05, 3.63) is 113 Å². The van der Waals surface area contributed by atoms with E-state index in [1.165, 1.54) is 17.3 Å². The number of carbonyl (C=O) groups is 1. The average molecular weight is 469 g/mol. The third-order valence-electron chi connectivity index (χ3n) is 4.92. The van der Waals surface area contributed by atoms with Crippen LogP contribution >= 0.6 is 23.5 Å². The summed E-state index contributed by atoms with van der Waals surface area (Å²) >= 11 is 2.90. The number of hydrogen-bond donors (Lipinski definition) is 0. The van der Waals surface area contributed by atoms with Crippen LogP contribution in [0.25, 0.3) is 6.08 Å². The summed E-state index contributed by atoms with van der Waals surface area (Å²) in [4.78, 5) is 21.4. The Bertz CT molecular complexity index is 1330. The van der Waals surface area contributed by atoms with Crippen LogP contribution in [0.1, 0.15) is 11.3 Å². The number of rotatable bonds is 5. The first kappa shape index (κ1) is 21.4. The van der Waals surface area contributed by atoms with E-state index < -0.39 is 0 Å². The normalized spacial score (nSPS) is 16.2. The van der Waals surface area contributed by atoms with E-state index in [9.17, 15) is 4.79 Å². The molecule has 0 bridgehead atoms. The van der Waals surface area contributed by atoms with Gasteiger partial charge in [-0.15, -0.1) is 0 Å². The molecule has 4 nitrogen and oxygen atoms in total. The highest BCUT2D eigenvalue weighted by Crippen LogP contribution is 2.38. The minimum absolute atomic E-state index is 0.120. The molecule has 33 heavy (non-hydrogen) atoms. The Hall–Kier alpha value is -3.48. The molecule has 2 heterocycles. The summed E-state index contributed by atoms with van der Waals surface area (Å²) in [5.74, 6) is 0.513. The van der Waals surface area contributed by atoms with Crippen LogP contribution in [0.2, 0.25) is 0 Å². The van der Waals surface area contributed by atoms with E-state index >= 15 is 0 Å².